The summed E-state index contributed by atoms with van der Waals surface area (Å²) in [6, 6.07) is 4.30. The van der Waals surface area contributed by atoms with Crippen LogP contribution in [0, 0.1) is 10.1 Å². The predicted octanol–water partition coefficient (Wildman–Crippen LogP) is 2.86. The number of nitro groups is 1. The van der Waals surface area contributed by atoms with E-state index in [1.165, 1.54) is 18.2 Å². The van der Waals surface area contributed by atoms with Crippen molar-refractivity contribution in [1.82, 2.24) is 4.98 Å². The molecule has 0 saturated carbocycles. The topological polar surface area (TPSA) is 90.7 Å². The van der Waals surface area contributed by atoms with Gasteiger partial charge in [-0.2, -0.15) is 0 Å². The van der Waals surface area contributed by atoms with Crippen molar-refractivity contribution in [2.75, 3.05) is 0 Å². The smallest absolute Gasteiger partial charge is 0.270 e. The Hall–Kier alpha value is -1.89. The second-order valence-electron chi connectivity index (χ2n) is 2.51. The Morgan fingerprint density at radius 1 is 1.57 bits per heavy atom. The summed E-state index contributed by atoms with van der Waals surface area (Å²) in [6.07, 6.45) is 0. The summed E-state index contributed by atoms with van der Waals surface area (Å²) in [6.45, 7) is 0. The van der Waals surface area contributed by atoms with Gasteiger partial charge in [0.15, 0.2) is 5.13 Å². The number of rotatable bonds is 2. The first-order chi connectivity index (χ1) is 6.70. The molecule has 0 atom stereocenters. The highest BCUT2D eigenvalue weighted by Gasteiger charge is 2.08. The van der Waals surface area contributed by atoms with Crippen molar-refractivity contribution in [2.45, 2.75) is 0 Å². The minimum atomic E-state index is -0.477. The van der Waals surface area contributed by atoms with Gasteiger partial charge < -0.3 is 10.6 Å². The Balaban J connectivity index is 2.65. The lowest BCUT2D eigenvalue weighted by Gasteiger charge is -1.88. The highest BCUT2D eigenvalue weighted by atomic mass is 32.1. The van der Waals surface area contributed by atoms with Crippen LogP contribution in [0.25, 0.3) is 15.7 Å². The quantitative estimate of drug-likeness (QED) is 0.430. The van der Waals surface area contributed by atoms with Crippen molar-refractivity contribution in [1.29, 1.82) is 0 Å². The summed E-state index contributed by atoms with van der Waals surface area (Å²) >= 11 is 1.10. The van der Waals surface area contributed by atoms with E-state index in [2.05, 4.69) is 10.1 Å². The molecule has 0 aliphatic carbocycles. The van der Waals surface area contributed by atoms with Crippen molar-refractivity contribution in [3.63, 3.8) is 0 Å². The number of aromatic nitrogens is 1. The molecule has 0 radical (unpaired) electrons. The molecule has 1 aromatic carbocycles. The van der Waals surface area contributed by atoms with Crippen molar-refractivity contribution < 1.29 is 4.92 Å². The SMILES string of the molecule is [N-]=Nc1nc2ccc([N+](=O)[O-])cc2s1. The highest BCUT2D eigenvalue weighted by Crippen LogP contribution is 2.30. The van der Waals surface area contributed by atoms with Gasteiger partial charge in [0.1, 0.15) is 0 Å². The number of nitro benzene ring substituents is 1. The molecule has 0 fully saturated rings. The first kappa shape index (κ1) is 8.70. The second kappa shape index (κ2) is 3.11. The molecule has 0 N–H and O–H groups in total. The van der Waals surface area contributed by atoms with Crippen molar-refractivity contribution in [3.8, 4) is 0 Å². The molecule has 2 aromatic rings. The van der Waals surface area contributed by atoms with E-state index < -0.39 is 4.92 Å². The van der Waals surface area contributed by atoms with Gasteiger partial charge >= 0.3 is 0 Å². The van der Waals surface area contributed by atoms with Crippen LogP contribution in [-0.2, 0) is 0 Å². The van der Waals surface area contributed by atoms with Crippen LogP contribution in [0.1, 0.15) is 0 Å². The van der Waals surface area contributed by atoms with Gasteiger partial charge in [0, 0.05) is 12.1 Å². The summed E-state index contributed by atoms with van der Waals surface area (Å²) < 4.78 is 0.631. The summed E-state index contributed by atoms with van der Waals surface area (Å²) in [5.74, 6) is 0. The van der Waals surface area contributed by atoms with Gasteiger partial charge in [-0.25, -0.2) is 4.98 Å². The third-order valence-corrected chi connectivity index (χ3v) is 2.56. The molecular formula is C7H3N4O2S-. The number of benzene rings is 1. The lowest BCUT2D eigenvalue weighted by molar-refractivity contribution is -0.384. The fraction of sp³-hybridized carbons (Fsp3) is 0. The molecule has 0 saturated heterocycles. The van der Waals surface area contributed by atoms with Crippen LogP contribution in [0.4, 0.5) is 10.8 Å². The molecule has 0 unspecified atom stereocenters. The van der Waals surface area contributed by atoms with Gasteiger partial charge in [-0.1, -0.05) is 11.3 Å². The van der Waals surface area contributed by atoms with Gasteiger partial charge in [0.25, 0.3) is 5.69 Å². The van der Waals surface area contributed by atoms with E-state index in [0.717, 1.165) is 11.3 Å². The molecule has 0 aliphatic heterocycles. The molecule has 0 amide bonds. The molecule has 0 aliphatic rings. The van der Waals surface area contributed by atoms with Gasteiger partial charge in [-0.15, -0.1) is 0 Å². The third kappa shape index (κ3) is 1.33. The zero-order valence-electron chi connectivity index (χ0n) is 6.75. The minimum absolute atomic E-state index is 0.00522. The first-order valence-corrected chi connectivity index (χ1v) is 4.42. The molecule has 7 heteroatoms. The van der Waals surface area contributed by atoms with Crippen LogP contribution >= 0.6 is 11.3 Å². The van der Waals surface area contributed by atoms with Crippen LogP contribution in [0.5, 0.6) is 0 Å². The second-order valence-corrected chi connectivity index (χ2v) is 3.51. The number of hydrogen-bond acceptors (Lipinski definition) is 5. The maximum atomic E-state index is 10.4. The average Bonchev–Trinajstić information content (AvgIpc) is 2.58. The fourth-order valence-electron chi connectivity index (χ4n) is 1.06. The van der Waals surface area contributed by atoms with Crippen LogP contribution in [-0.4, -0.2) is 9.91 Å². The van der Waals surface area contributed by atoms with E-state index >= 15 is 0 Å². The van der Waals surface area contributed by atoms with Crippen LogP contribution in [0.15, 0.2) is 23.3 Å². The Kier molecular flexibility index (Phi) is 1.93. The lowest BCUT2D eigenvalue weighted by atomic mass is 10.3. The van der Waals surface area contributed by atoms with E-state index in [9.17, 15) is 10.1 Å². The standard InChI is InChI=1S/C7H3N4O2S/c8-10-7-9-5-2-1-4(11(12)13)3-6(5)14-7/h1-3H/q-1. The summed E-state index contributed by atoms with van der Waals surface area (Å²) in [5.41, 5.74) is 9.05. The number of non-ortho nitro benzene ring substituents is 1. The molecule has 1 aromatic heterocycles. The van der Waals surface area contributed by atoms with Crippen LogP contribution in [0.2, 0.25) is 0 Å². The molecule has 70 valence electrons. The first-order valence-electron chi connectivity index (χ1n) is 3.61. The third-order valence-electron chi connectivity index (χ3n) is 1.66. The summed E-state index contributed by atoms with van der Waals surface area (Å²) in [5, 5.41) is 13.6. The molecule has 2 rings (SSSR count). The highest BCUT2D eigenvalue weighted by molar-refractivity contribution is 7.21. The van der Waals surface area contributed by atoms with E-state index in [-0.39, 0.29) is 10.8 Å². The van der Waals surface area contributed by atoms with Crippen LogP contribution < -0.4 is 0 Å². The van der Waals surface area contributed by atoms with E-state index in [0.29, 0.717) is 10.2 Å². The van der Waals surface area contributed by atoms with E-state index in [4.69, 9.17) is 5.53 Å². The lowest BCUT2D eigenvalue weighted by Crippen LogP contribution is -1.85. The van der Waals surface area contributed by atoms with Gasteiger partial charge in [0.05, 0.1) is 15.1 Å². The fourth-order valence-corrected chi connectivity index (χ4v) is 1.84. The van der Waals surface area contributed by atoms with Crippen molar-refractivity contribution >= 4 is 32.4 Å². The number of nitrogens with zero attached hydrogens (tertiary/aromatic N) is 4. The number of hydrogen-bond donors (Lipinski definition) is 0. The maximum Gasteiger partial charge on any atom is 0.270 e. The Bertz CT molecular complexity index is 521. The Morgan fingerprint density at radius 3 is 3.00 bits per heavy atom. The van der Waals surface area contributed by atoms with Gasteiger partial charge in [-0.05, 0) is 6.07 Å². The largest absolute Gasteiger partial charge is 0.704 e. The van der Waals surface area contributed by atoms with E-state index in [1.807, 2.05) is 0 Å². The molecular weight excluding hydrogens is 204 g/mol. The number of thiazole rings is 1. The molecule has 0 spiro atoms. The predicted molar refractivity (Wildman–Crippen MR) is 51.7 cm³/mol. The summed E-state index contributed by atoms with van der Waals surface area (Å²) in [4.78, 5) is 13.9. The van der Waals surface area contributed by atoms with Crippen molar-refractivity contribution in [2.24, 2.45) is 5.11 Å². The van der Waals surface area contributed by atoms with Crippen LogP contribution in [0.3, 0.4) is 0 Å². The minimum Gasteiger partial charge on any atom is -0.704 e. The Labute approximate surface area is 81.9 Å². The zero-order chi connectivity index (χ0) is 10.1. The molecule has 0 bridgehead atoms. The zero-order valence-corrected chi connectivity index (χ0v) is 7.56. The molecule has 6 nitrogen and oxygen atoms in total. The molecule has 1 heterocycles. The Morgan fingerprint density at radius 2 is 2.36 bits per heavy atom. The normalized spacial score (nSPS) is 10.3. The maximum absolute atomic E-state index is 10.4. The van der Waals surface area contributed by atoms with Gasteiger partial charge in [-0.3, -0.25) is 10.1 Å². The van der Waals surface area contributed by atoms with Crippen molar-refractivity contribution in [3.05, 3.63) is 33.8 Å². The van der Waals surface area contributed by atoms with Gasteiger partial charge in [0.2, 0.25) is 0 Å². The summed E-state index contributed by atoms with van der Waals surface area (Å²) in [7, 11) is 0. The van der Waals surface area contributed by atoms with E-state index in [1.54, 1.807) is 0 Å². The monoisotopic (exact) mass is 207 g/mol. The number of fused-ring (bicyclic) bond motifs is 1. The molecule has 14 heavy (non-hydrogen) atoms. The average molecular weight is 207 g/mol.